The number of halogens is 3. The van der Waals surface area contributed by atoms with Crippen molar-refractivity contribution >= 4 is 0 Å². The number of rotatable bonds is 1. The molecule has 4 nitrogen and oxygen atoms in total. The maximum atomic E-state index is 12.8. The first-order chi connectivity index (χ1) is 7.41. The van der Waals surface area contributed by atoms with Crippen LogP contribution in [-0.4, -0.2) is 19.1 Å². The molecular formula is C9H8F3N4. The van der Waals surface area contributed by atoms with Gasteiger partial charge in [0.1, 0.15) is 5.82 Å². The average Bonchev–Trinajstić information content (AvgIpc) is 2.69. The molecule has 2 heterocycles. The van der Waals surface area contributed by atoms with Gasteiger partial charge in [-0.15, -0.1) is 0 Å². The summed E-state index contributed by atoms with van der Waals surface area (Å²) < 4.78 is 40.6. The fourth-order valence-corrected chi connectivity index (χ4v) is 1.45. The lowest BCUT2D eigenvalue weighted by molar-refractivity contribution is -0.142. The van der Waals surface area contributed by atoms with Gasteiger partial charge in [-0.2, -0.15) is 13.2 Å². The van der Waals surface area contributed by atoms with Gasteiger partial charge < -0.3 is 4.57 Å². The molecule has 0 fully saturated rings. The molecule has 0 aliphatic heterocycles. The van der Waals surface area contributed by atoms with Crippen molar-refractivity contribution in [1.29, 1.82) is 0 Å². The second-order valence-electron chi connectivity index (χ2n) is 3.34. The van der Waals surface area contributed by atoms with Gasteiger partial charge in [-0.25, -0.2) is 9.97 Å². The summed E-state index contributed by atoms with van der Waals surface area (Å²) in [6.45, 7) is 1.30. The molecule has 85 valence electrons. The van der Waals surface area contributed by atoms with Crippen molar-refractivity contribution in [2.75, 3.05) is 0 Å². The van der Waals surface area contributed by atoms with Gasteiger partial charge in [-0.05, 0) is 6.92 Å². The van der Waals surface area contributed by atoms with Crippen molar-refractivity contribution in [2.24, 2.45) is 7.05 Å². The largest absolute Gasteiger partial charge is 0.433 e. The van der Waals surface area contributed by atoms with Crippen LogP contribution in [0.25, 0.3) is 5.82 Å². The van der Waals surface area contributed by atoms with Gasteiger partial charge in [-0.1, -0.05) is 0 Å². The Balaban J connectivity index is 2.64. The Bertz CT molecular complexity index is 509. The van der Waals surface area contributed by atoms with Gasteiger partial charge in [-0.3, -0.25) is 4.57 Å². The summed E-state index contributed by atoms with van der Waals surface area (Å²) in [4.78, 5) is 7.31. The molecule has 2 aromatic rings. The van der Waals surface area contributed by atoms with E-state index in [1.165, 1.54) is 24.0 Å². The standard InChI is InChI=1S/C9H8F3N4/c1-6-8(9(10,11)12)16(5-14-6)7-3-13-4-15(7)2/h3-4H,1-2H3. The van der Waals surface area contributed by atoms with E-state index in [-0.39, 0.29) is 11.5 Å². The fraction of sp³-hybridized carbons (Fsp3) is 0.333. The Kier molecular flexibility index (Phi) is 2.25. The van der Waals surface area contributed by atoms with Crippen LogP contribution in [0, 0.1) is 13.3 Å². The number of hydrogen-bond acceptors (Lipinski definition) is 2. The predicted octanol–water partition coefficient (Wildman–Crippen LogP) is 1.73. The minimum atomic E-state index is -4.46. The van der Waals surface area contributed by atoms with Crippen LogP contribution in [0.1, 0.15) is 11.4 Å². The van der Waals surface area contributed by atoms with Crippen molar-refractivity contribution in [3.8, 4) is 5.82 Å². The lowest BCUT2D eigenvalue weighted by Gasteiger charge is -2.11. The lowest BCUT2D eigenvalue weighted by Crippen LogP contribution is -2.15. The number of aromatic nitrogens is 4. The Labute approximate surface area is 89.4 Å². The van der Waals surface area contributed by atoms with Gasteiger partial charge in [0.25, 0.3) is 0 Å². The average molecular weight is 229 g/mol. The van der Waals surface area contributed by atoms with Gasteiger partial charge in [0.2, 0.25) is 0 Å². The van der Waals surface area contributed by atoms with Crippen molar-refractivity contribution < 1.29 is 13.2 Å². The van der Waals surface area contributed by atoms with Crippen LogP contribution in [-0.2, 0) is 13.2 Å². The van der Waals surface area contributed by atoms with Gasteiger partial charge in [0, 0.05) is 7.05 Å². The Hall–Kier alpha value is -1.79. The van der Waals surface area contributed by atoms with Gasteiger partial charge in [0.15, 0.2) is 12.0 Å². The van der Waals surface area contributed by atoms with E-state index in [9.17, 15) is 13.2 Å². The Morgan fingerprint density at radius 2 is 2.06 bits per heavy atom. The third-order valence-corrected chi connectivity index (χ3v) is 2.17. The number of alkyl halides is 3. The maximum Gasteiger partial charge on any atom is 0.433 e. The number of imidazole rings is 2. The van der Waals surface area contributed by atoms with Crippen molar-refractivity contribution in [1.82, 2.24) is 19.1 Å². The van der Waals surface area contributed by atoms with Crippen LogP contribution in [0.15, 0.2) is 12.5 Å². The van der Waals surface area contributed by atoms with Crippen LogP contribution >= 0.6 is 0 Å². The quantitative estimate of drug-likeness (QED) is 0.746. The smallest absolute Gasteiger partial charge is 0.320 e. The molecule has 0 aliphatic carbocycles. The molecule has 1 radical (unpaired) electrons. The molecule has 0 aromatic carbocycles. The van der Waals surface area contributed by atoms with Crippen LogP contribution in [0.2, 0.25) is 0 Å². The minimum Gasteiger partial charge on any atom is -0.320 e. The van der Waals surface area contributed by atoms with Crippen molar-refractivity contribution in [3.05, 3.63) is 30.2 Å². The SMILES string of the molecule is Cc1n[c]n(-c2cncn2C)c1C(F)(F)F. The fourth-order valence-electron chi connectivity index (χ4n) is 1.45. The predicted molar refractivity (Wildman–Crippen MR) is 48.9 cm³/mol. The van der Waals surface area contributed by atoms with E-state index in [1.54, 1.807) is 7.05 Å². The molecule has 0 saturated carbocycles. The second-order valence-corrected chi connectivity index (χ2v) is 3.34. The van der Waals surface area contributed by atoms with Crippen LogP contribution in [0.5, 0.6) is 0 Å². The van der Waals surface area contributed by atoms with E-state index >= 15 is 0 Å². The Morgan fingerprint density at radius 1 is 1.38 bits per heavy atom. The van der Waals surface area contributed by atoms with E-state index in [0.29, 0.717) is 0 Å². The molecule has 0 N–H and O–H groups in total. The molecule has 0 unspecified atom stereocenters. The molecule has 0 saturated heterocycles. The summed E-state index contributed by atoms with van der Waals surface area (Å²) in [7, 11) is 1.60. The summed E-state index contributed by atoms with van der Waals surface area (Å²) in [6, 6.07) is 0. The summed E-state index contributed by atoms with van der Waals surface area (Å²) >= 11 is 0. The van der Waals surface area contributed by atoms with E-state index in [2.05, 4.69) is 16.3 Å². The first-order valence-electron chi connectivity index (χ1n) is 4.42. The highest BCUT2D eigenvalue weighted by Crippen LogP contribution is 2.32. The highest BCUT2D eigenvalue weighted by molar-refractivity contribution is 5.28. The molecular weight excluding hydrogens is 221 g/mol. The van der Waals surface area contributed by atoms with Crippen molar-refractivity contribution in [2.45, 2.75) is 13.1 Å². The number of aryl methyl sites for hydroxylation is 2. The highest BCUT2D eigenvalue weighted by atomic mass is 19.4. The molecule has 2 rings (SSSR count). The zero-order chi connectivity index (χ0) is 11.9. The third kappa shape index (κ3) is 1.58. The van der Waals surface area contributed by atoms with Crippen LogP contribution in [0.4, 0.5) is 13.2 Å². The monoisotopic (exact) mass is 229 g/mol. The molecule has 2 aromatic heterocycles. The molecule has 16 heavy (non-hydrogen) atoms. The number of nitrogens with zero attached hydrogens (tertiary/aromatic N) is 4. The second kappa shape index (κ2) is 3.36. The van der Waals surface area contributed by atoms with E-state index in [0.717, 1.165) is 4.57 Å². The lowest BCUT2D eigenvalue weighted by atomic mass is 10.3. The zero-order valence-electron chi connectivity index (χ0n) is 8.58. The number of hydrogen-bond donors (Lipinski definition) is 0. The molecule has 0 aliphatic rings. The summed E-state index contributed by atoms with van der Waals surface area (Å²) in [5.41, 5.74) is -0.926. The van der Waals surface area contributed by atoms with Crippen molar-refractivity contribution in [3.63, 3.8) is 0 Å². The van der Waals surface area contributed by atoms with E-state index < -0.39 is 11.9 Å². The minimum absolute atomic E-state index is 0.103. The first kappa shape index (κ1) is 10.7. The first-order valence-corrected chi connectivity index (χ1v) is 4.42. The molecule has 0 bridgehead atoms. The zero-order valence-corrected chi connectivity index (χ0v) is 8.58. The summed E-state index contributed by atoms with van der Waals surface area (Å²) in [5, 5.41) is 0. The van der Waals surface area contributed by atoms with E-state index in [1.807, 2.05) is 0 Å². The summed E-state index contributed by atoms with van der Waals surface area (Å²) in [6.07, 6.45) is 0.594. The molecule has 0 atom stereocenters. The van der Waals surface area contributed by atoms with Crippen LogP contribution < -0.4 is 0 Å². The van der Waals surface area contributed by atoms with E-state index in [4.69, 9.17) is 0 Å². The maximum absolute atomic E-state index is 12.8. The highest BCUT2D eigenvalue weighted by Gasteiger charge is 2.38. The molecule has 7 heteroatoms. The Morgan fingerprint density at radius 3 is 2.56 bits per heavy atom. The van der Waals surface area contributed by atoms with Crippen LogP contribution in [0.3, 0.4) is 0 Å². The normalized spacial score (nSPS) is 12.1. The van der Waals surface area contributed by atoms with Gasteiger partial charge in [0.05, 0.1) is 18.2 Å². The third-order valence-electron chi connectivity index (χ3n) is 2.17. The molecule has 0 spiro atoms. The summed E-state index contributed by atoms with van der Waals surface area (Å²) in [5.74, 6) is 0.271. The topological polar surface area (TPSA) is 35.6 Å². The molecule has 0 amide bonds. The van der Waals surface area contributed by atoms with Gasteiger partial charge >= 0.3 is 6.18 Å².